The second kappa shape index (κ2) is 5.94. The number of nitrogens with zero attached hydrogens (tertiary/aromatic N) is 1. The van der Waals surface area contributed by atoms with Crippen LogP contribution < -0.4 is 4.72 Å². The Hall–Kier alpha value is -1.38. The number of benzene rings is 1. The molecular formula is C15H20N2O2S. The van der Waals surface area contributed by atoms with Gasteiger partial charge >= 0.3 is 0 Å². The van der Waals surface area contributed by atoms with Crippen molar-refractivity contribution in [2.75, 3.05) is 0 Å². The predicted molar refractivity (Wildman–Crippen MR) is 77.6 cm³/mol. The minimum atomic E-state index is -3.56. The normalized spacial score (nSPS) is 23.2. The topological polar surface area (TPSA) is 70.0 Å². The number of hydrogen-bond donors (Lipinski definition) is 1. The molecule has 5 heteroatoms. The van der Waals surface area contributed by atoms with Crippen molar-refractivity contribution in [3.63, 3.8) is 0 Å². The molecule has 0 heterocycles. The van der Waals surface area contributed by atoms with Crippen LogP contribution in [0, 0.1) is 24.2 Å². The lowest BCUT2D eigenvalue weighted by Gasteiger charge is -2.29. The summed E-state index contributed by atoms with van der Waals surface area (Å²) in [4.78, 5) is 0.217. The molecule has 2 rings (SSSR count). The molecule has 0 spiro atoms. The first kappa shape index (κ1) is 15.0. The molecule has 0 amide bonds. The zero-order valence-corrected chi connectivity index (χ0v) is 12.7. The molecule has 1 fully saturated rings. The molecule has 2 atom stereocenters. The van der Waals surface area contributed by atoms with Crippen LogP contribution in [0.2, 0.25) is 0 Å². The molecular weight excluding hydrogens is 272 g/mol. The van der Waals surface area contributed by atoms with E-state index in [1.165, 1.54) is 12.5 Å². The van der Waals surface area contributed by atoms with Gasteiger partial charge in [-0.2, -0.15) is 5.26 Å². The maximum absolute atomic E-state index is 12.5. The van der Waals surface area contributed by atoms with Crippen molar-refractivity contribution in [3.8, 4) is 6.07 Å². The minimum Gasteiger partial charge on any atom is -0.208 e. The third kappa shape index (κ3) is 3.20. The Morgan fingerprint density at radius 2 is 2.00 bits per heavy atom. The highest BCUT2D eigenvalue weighted by molar-refractivity contribution is 7.89. The van der Waals surface area contributed by atoms with Gasteiger partial charge in [0.15, 0.2) is 0 Å². The van der Waals surface area contributed by atoms with E-state index in [2.05, 4.69) is 11.6 Å². The molecule has 1 aliphatic carbocycles. The highest BCUT2D eigenvalue weighted by Gasteiger charge is 2.27. The van der Waals surface area contributed by atoms with Crippen LogP contribution in [0.15, 0.2) is 23.1 Å². The zero-order chi connectivity index (χ0) is 14.8. The van der Waals surface area contributed by atoms with E-state index in [1.807, 2.05) is 6.07 Å². The van der Waals surface area contributed by atoms with Crippen molar-refractivity contribution in [1.29, 1.82) is 5.26 Å². The molecule has 0 bridgehead atoms. The van der Waals surface area contributed by atoms with Gasteiger partial charge in [0.2, 0.25) is 10.0 Å². The van der Waals surface area contributed by atoms with Crippen LogP contribution in [0.4, 0.5) is 0 Å². The lowest BCUT2D eigenvalue weighted by molar-refractivity contribution is 0.310. The summed E-state index contributed by atoms with van der Waals surface area (Å²) in [5.41, 5.74) is 1.03. The van der Waals surface area contributed by atoms with E-state index in [4.69, 9.17) is 5.26 Å². The lowest BCUT2D eigenvalue weighted by atomic mass is 9.87. The van der Waals surface area contributed by atoms with E-state index >= 15 is 0 Å². The fourth-order valence-corrected chi connectivity index (χ4v) is 4.36. The molecule has 1 aromatic carbocycles. The van der Waals surface area contributed by atoms with E-state index in [0.29, 0.717) is 17.0 Å². The summed E-state index contributed by atoms with van der Waals surface area (Å²) in [5.74, 6) is 0.359. The highest BCUT2D eigenvalue weighted by Crippen LogP contribution is 2.26. The Bertz CT molecular complexity index is 632. The van der Waals surface area contributed by atoms with Crippen molar-refractivity contribution >= 4 is 10.0 Å². The molecule has 20 heavy (non-hydrogen) atoms. The van der Waals surface area contributed by atoms with Crippen molar-refractivity contribution < 1.29 is 8.42 Å². The molecule has 0 radical (unpaired) electrons. The van der Waals surface area contributed by atoms with Gasteiger partial charge in [-0.1, -0.05) is 25.8 Å². The Labute approximate surface area is 120 Å². The number of nitrogens with one attached hydrogen (secondary N) is 1. The first-order valence-corrected chi connectivity index (χ1v) is 8.45. The van der Waals surface area contributed by atoms with Gasteiger partial charge in [0.1, 0.15) is 0 Å². The molecule has 4 nitrogen and oxygen atoms in total. The Kier molecular flexibility index (Phi) is 4.46. The van der Waals surface area contributed by atoms with Crippen LogP contribution in [0.3, 0.4) is 0 Å². The largest absolute Gasteiger partial charge is 0.241 e. The Morgan fingerprint density at radius 3 is 2.65 bits per heavy atom. The second-order valence-corrected chi connectivity index (χ2v) is 7.26. The van der Waals surface area contributed by atoms with Gasteiger partial charge < -0.3 is 0 Å². The maximum Gasteiger partial charge on any atom is 0.241 e. The first-order valence-electron chi connectivity index (χ1n) is 6.97. The molecule has 1 saturated carbocycles. The van der Waals surface area contributed by atoms with Crippen LogP contribution in [0.1, 0.15) is 43.7 Å². The Balaban J connectivity index is 2.28. The van der Waals surface area contributed by atoms with E-state index in [1.54, 1.807) is 19.1 Å². The van der Waals surface area contributed by atoms with Crippen LogP contribution in [0.5, 0.6) is 0 Å². The molecule has 1 N–H and O–H groups in total. The van der Waals surface area contributed by atoms with E-state index in [9.17, 15) is 8.42 Å². The standard InChI is InChI=1S/C15H20N2O2S/c1-11-5-3-4-6-14(11)17-20(18,19)15-9-13(10-16)8-7-12(15)2/h7-9,11,14,17H,3-6H2,1-2H3. The SMILES string of the molecule is Cc1ccc(C#N)cc1S(=O)(=O)NC1CCCCC1C. The number of hydrogen-bond acceptors (Lipinski definition) is 3. The Morgan fingerprint density at radius 1 is 1.30 bits per heavy atom. The second-order valence-electron chi connectivity index (χ2n) is 5.58. The van der Waals surface area contributed by atoms with Crippen LogP contribution in [-0.2, 0) is 10.0 Å². The maximum atomic E-state index is 12.5. The number of rotatable bonds is 3. The summed E-state index contributed by atoms with van der Waals surface area (Å²) in [5, 5.41) is 8.92. The summed E-state index contributed by atoms with van der Waals surface area (Å²) in [6.45, 7) is 3.84. The summed E-state index contributed by atoms with van der Waals surface area (Å²) in [6.07, 6.45) is 4.18. The van der Waals surface area contributed by atoms with Crippen molar-refractivity contribution in [1.82, 2.24) is 4.72 Å². The van der Waals surface area contributed by atoms with Crippen LogP contribution >= 0.6 is 0 Å². The molecule has 0 aromatic heterocycles. The summed E-state index contributed by atoms with van der Waals surface area (Å²) >= 11 is 0. The lowest BCUT2D eigenvalue weighted by Crippen LogP contribution is -2.41. The fraction of sp³-hybridized carbons (Fsp3) is 0.533. The molecule has 0 aliphatic heterocycles. The van der Waals surface area contributed by atoms with Gasteiger partial charge in [0.05, 0.1) is 16.5 Å². The summed E-state index contributed by atoms with van der Waals surface area (Å²) < 4.78 is 27.8. The average Bonchev–Trinajstić information content (AvgIpc) is 2.41. The van der Waals surface area contributed by atoms with Gasteiger partial charge in [-0.25, -0.2) is 13.1 Å². The van der Waals surface area contributed by atoms with Gasteiger partial charge in [-0.15, -0.1) is 0 Å². The van der Waals surface area contributed by atoms with Crippen molar-refractivity contribution in [2.24, 2.45) is 5.92 Å². The molecule has 0 saturated heterocycles. The van der Waals surface area contributed by atoms with Gasteiger partial charge in [0, 0.05) is 6.04 Å². The van der Waals surface area contributed by atoms with Gasteiger partial charge in [-0.05, 0) is 43.4 Å². The van der Waals surface area contributed by atoms with Crippen LogP contribution in [0.25, 0.3) is 0 Å². The third-order valence-electron chi connectivity index (χ3n) is 4.02. The summed E-state index contributed by atoms with van der Waals surface area (Å²) in [6, 6.07) is 6.75. The molecule has 108 valence electrons. The number of nitriles is 1. The smallest absolute Gasteiger partial charge is 0.208 e. The number of aryl methyl sites for hydroxylation is 1. The zero-order valence-electron chi connectivity index (χ0n) is 11.9. The molecule has 1 aliphatic rings. The first-order chi connectivity index (χ1) is 9.44. The fourth-order valence-electron chi connectivity index (χ4n) is 2.71. The number of sulfonamides is 1. The average molecular weight is 292 g/mol. The minimum absolute atomic E-state index is 0.00103. The molecule has 1 aromatic rings. The highest BCUT2D eigenvalue weighted by atomic mass is 32.2. The monoisotopic (exact) mass is 292 g/mol. The quantitative estimate of drug-likeness (QED) is 0.931. The van der Waals surface area contributed by atoms with Crippen molar-refractivity contribution in [2.45, 2.75) is 50.5 Å². The summed E-state index contributed by atoms with van der Waals surface area (Å²) in [7, 11) is -3.56. The molecule has 2 unspecified atom stereocenters. The van der Waals surface area contributed by atoms with Gasteiger partial charge in [-0.3, -0.25) is 0 Å². The van der Waals surface area contributed by atoms with E-state index in [0.717, 1.165) is 19.3 Å². The predicted octanol–water partition coefficient (Wildman–Crippen LogP) is 2.72. The van der Waals surface area contributed by atoms with Crippen LogP contribution in [-0.4, -0.2) is 14.5 Å². The van der Waals surface area contributed by atoms with Gasteiger partial charge in [0.25, 0.3) is 0 Å². The van der Waals surface area contributed by atoms with E-state index < -0.39 is 10.0 Å². The van der Waals surface area contributed by atoms with E-state index in [-0.39, 0.29) is 10.9 Å². The third-order valence-corrected chi connectivity index (χ3v) is 5.66. The van der Waals surface area contributed by atoms with Crippen molar-refractivity contribution in [3.05, 3.63) is 29.3 Å².